The van der Waals surface area contributed by atoms with Crippen molar-refractivity contribution in [3.8, 4) is 5.82 Å². The van der Waals surface area contributed by atoms with Gasteiger partial charge in [0.25, 0.3) is 0 Å². The van der Waals surface area contributed by atoms with Gasteiger partial charge < -0.3 is 15.2 Å². The summed E-state index contributed by atoms with van der Waals surface area (Å²) in [5.74, 6) is 1.65. The molecule has 7 nitrogen and oxygen atoms in total. The van der Waals surface area contributed by atoms with E-state index in [4.69, 9.17) is 0 Å². The van der Waals surface area contributed by atoms with Crippen molar-refractivity contribution >= 4 is 40.8 Å². The Kier molecular flexibility index (Phi) is 7.83. The molecule has 156 valence electrons. The molecule has 0 unspecified atom stereocenters. The number of aromatic nitrogens is 4. The second-order valence-electron chi connectivity index (χ2n) is 6.77. The summed E-state index contributed by atoms with van der Waals surface area (Å²) in [6.45, 7) is 2.49. The van der Waals surface area contributed by atoms with E-state index in [9.17, 15) is 0 Å². The van der Waals surface area contributed by atoms with Crippen molar-refractivity contribution in [2.75, 3.05) is 13.6 Å². The third-order valence-electron chi connectivity index (χ3n) is 4.81. The average Bonchev–Trinajstić information content (AvgIpc) is 3.44. The van der Waals surface area contributed by atoms with Crippen molar-refractivity contribution in [1.82, 2.24) is 29.7 Å². The van der Waals surface area contributed by atoms with Crippen LogP contribution in [0.4, 0.5) is 0 Å². The Bertz CT molecular complexity index is 1090. The van der Waals surface area contributed by atoms with Gasteiger partial charge in [-0.15, -0.1) is 24.0 Å². The van der Waals surface area contributed by atoms with Crippen molar-refractivity contribution in [2.24, 2.45) is 4.99 Å². The standard InChI is InChI=1S/C22H25N7.HI/c1-23-22(26-9-4-12-28-13-8-19-5-2-3-6-20(19)28)27-16-18-7-10-25-21(15-18)29-14-11-24-17-29;/h2-3,5-8,10-11,13-15,17H,4,9,12,16H2,1H3,(H2,23,26,27);1H. The molecule has 0 aliphatic carbocycles. The number of halogens is 1. The minimum absolute atomic E-state index is 0. The average molecular weight is 515 g/mol. The highest BCUT2D eigenvalue weighted by Gasteiger charge is 2.03. The van der Waals surface area contributed by atoms with Crippen molar-refractivity contribution < 1.29 is 0 Å². The smallest absolute Gasteiger partial charge is 0.191 e. The van der Waals surface area contributed by atoms with Crippen molar-refractivity contribution in [3.05, 3.63) is 79.1 Å². The number of pyridine rings is 1. The van der Waals surface area contributed by atoms with E-state index in [2.05, 4.69) is 66.7 Å². The molecule has 0 atom stereocenters. The molecule has 4 aromatic rings. The van der Waals surface area contributed by atoms with E-state index in [1.807, 2.05) is 29.1 Å². The maximum atomic E-state index is 4.38. The molecule has 0 saturated heterocycles. The number of nitrogens with one attached hydrogen (secondary N) is 2. The second-order valence-corrected chi connectivity index (χ2v) is 6.77. The summed E-state index contributed by atoms with van der Waals surface area (Å²) < 4.78 is 4.18. The number of aliphatic imine (C=N–C) groups is 1. The first-order valence-corrected chi connectivity index (χ1v) is 9.75. The minimum atomic E-state index is 0. The molecule has 3 aromatic heterocycles. The lowest BCUT2D eigenvalue weighted by Crippen LogP contribution is -2.37. The number of para-hydroxylation sites is 1. The van der Waals surface area contributed by atoms with Crippen molar-refractivity contribution in [1.29, 1.82) is 0 Å². The van der Waals surface area contributed by atoms with Gasteiger partial charge >= 0.3 is 0 Å². The molecule has 0 aliphatic rings. The Hall–Kier alpha value is -2.88. The molecule has 0 saturated carbocycles. The van der Waals surface area contributed by atoms with Gasteiger partial charge in [0.1, 0.15) is 12.1 Å². The lowest BCUT2D eigenvalue weighted by molar-refractivity contribution is 0.640. The van der Waals surface area contributed by atoms with E-state index >= 15 is 0 Å². The highest BCUT2D eigenvalue weighted by molar-refractivity contribution is 14.0. The monoisotopic (exact) mass is 515 g/mol. The zero-order chi connectivity index (χ0) is 19.9. The van der Waals surface area contributed by atoms with Crippen LogP contribution < -0.4 is 10.6 Å². The first-order chi connectivity index (χ1) is 14.3. The number of hydrogen-bond acceptors (Lipinski definition) is 3. The fraction of sp³-hybridized carbons (Fsp3) is 0.227. The topological polar surface area (TPSA) is 72.1 Å². The van der Waals surface area contributed by atoms with E-state index in [1.54, 1.807) is 19.6 Å². The van der Waals surface area contributed by atoms with E-state index in [1.165, 1.54) is 10.9 Å². The number of rotatable bonds is 7. The lowest BCUT2D eigenvalue weighted by Gasteiger charge is -2.13. The van der Waals surface area contributed by atoms with Crippen LogP contribution in [0.15, 0.2) is 78.6 Å². The molecule has 30 heavy (non-hydrogen) atoms. The molecule has 8 heteroatoms. The summed E-state index contributed by atoms with van der Waals surface area (Å²) in [4.78, 5) is 12.8. The molecule has 0 aliphatic heterocycles. The van der Waals surface area contributed by atoms with Crippen LogP contribution in [0.3, 0.4) is 0 Å². The Balaban J connectivity index is 0.00000256. The molecule has 0 amide bonds. The van der Waals surface area contributed by atoms with Gasteiger partial charge in [0.2, 0.25) is 0 Å². The minimum Gasteiger partial charge on any atom is -0.356 e. The highest BCUT2D eigenvalue weighted by Crippen LogP contribution is 2.15. The Labute approximate surface area is 193 Å². The SMILES string of the molecule is CN=C(NCCCn1ccc2ccccc21)NCc1ccnc(-n2ccnc2)c1.I. The predicted molar refractivity (Wildman–Crippen MR) is 132 cm³/mol. The van der Waals surface area contributed by atoms with Crippen LogP contribution >= 0.6 is 24.0 Å². The number of hydrogen-bond donors (Lipinski definition) is 2. The van der Waals surface area contributed by atoms with E-state index in [0.717, 1.165) is 36.9 Å². The molecule has 0 radical (unpaired) electrons. The van der Waals surface area contributed by atoms with Crippen LogP contribution in [0.25, 0.3) is 16.7 Å². The van der Waals surface area contributed by atoms with Gasteiger partial charge in [-0.3, -0.25) is 9.56 Å². The summed E-state index contributed by atoms with van der Waals surface area (Å²) in [6.07, 6.45) is 10.3. The summed E-state index contributed by atoms with van der Waals surface area (Å²) >= 11 is 0. The van der Waals surface area contributed by atoms with E-state index < -0.39 is 0 Å². The highest BCUT2D eigenvalue weighted by atomic mass is 127. The maximum absolute atomic E-state index is 4.38. The Morgan fingerprint density at radius 2 is 1.97 bits per heavy atom. The third kappa shape index (κ3) is 5.38. The molecule has 1 aromatic carbocycles. The molecule has 3 heterocycles. The van der Waals surface area contributed by atoms with Gasteiger partial charge in [-0.1, -0.05) is 18.2 Å². The number of fused-ring (bicyclic) bond motifs is 1. The summed E-state index contributed by atoms with van der Waals surface area (Å²) in [6, 6.07) is 14.7. The van der Waals surface area contributed by atoms with Gasteiger partial charge in [-0.25, -0.2) is 9.97 Å². The fourth-order valence-electron chi connectivity index (χ4n) is 3.30. The van der Waals surface area contributed by atoms with Crippen LogP contribution in [0.1, 0.15) is 12.0 Å². The van der Waals surface area contributed by atoms with Crippen molar-refractivity contribution in [3.63, 3.8) is 0 Å². The van der Waals surface area contributed by atoms with Crippen LogP contribution in [0.2, 0.25) is 0 Å². The first-order valence-electron chi connectivity index (χ1n) is 9.75. The third-order valence-corrected chi connectivity index (χ3v) is 4.81. The van der Waals surface area contributed by atoms with E-state index in [0.29, 0.717) is 6.54 Å². The molecular formula is C22H26IN7. The molecule has 0 spiro atoms. The van der Waals surface area contributed by atoms with Crippen LogP contribution in [-0.4, -0.2) is 38.7 Å². The molecular weight excluding hydrogens is 489 g/mol. The summed E-state index contributed by atoms with van der Waals surface area (Å²) in [7, 11) is 1.79. The van der Waals surface area contributed by atoms with Crippen LogP contribution in [0.5, 0.6) is 0 Å². The number of imidazole rings is 1. The van der Waals surface area contributed by atoms with Gasteiger partial charge in [-0.05, 0) is 41.6 Å². The van der Waals surface area contributed by atoms with Gasteiger partial charge in [-0.2, -0.15) is 0 Å². The maximum Gasteiger partial charge on any atom is 0.191 e. The largest absolute Gasteiger partial charge is 0.356 e. The lowest BCUT2D eigenvalue weighted by atomic mass is 10.2. The summed E-state index contributed by atoms with van der Waals surface area (Å²) in [5, 5.41) is 8.03. The van der Waals surface area contributed by atoms with Crippen LogP contribution in [-0.2, 0) is 13.1 Å². The van der Waals surface area contributed by atoms with Crippen molar-refractivity contribution in [2.45, 2.75) is 19.5 Å². The van der Waals surface area contributed by atoms with Gasteiger partial charge in [0.15, 0.2) is 5.96 Å². The fourth-order valence-corrected chi connectivity index (χ4v) is 3.30. The Morgan fingerprint density at radius 3 is 2.80 bits per heavy atom. The zero-order valence-corrected chi connectivity index (χ0v) is 19.2. The molecule has 2 N–H and O–H groups in total. The number of aryl methyl sites for hydroxylation is 1. The second kappa shape index (κ2) is 10.8. The molecule has 0 fully saturated rings. The zero-order valence-electron chi connectivity index (χ0n) is 16.9. The van der Waals surface area contributed by atoms with Gasteiger partial charge in [0, 0.05) is 57.0 Å². The molecule has 4 rings (SSSR count). The molecule has 0 bridgehead atoms. The van der Waals surface area contributed by atoms with E-state index in [-0.39, 0.29) is 24.0 Å². The quantitative estimate of drug-likeness (QED) is 0.171. The first kappa shape index (κ1) is 21.8. The number of nitrogens with zero attached hydrogens (tertiary/aromatic N) is 5. The predicted octanol–water partition coefficient (Wildman–Crippen LogP) is 3.60. The normalized spacial score (nSPS) is 11.3. The summed E-state index contributed by atoms with van der Waals surface area (Å²) in [5.41, 5.74) is 2.41. The Morgan fingerprint density at radius 1 is 1.07 bits per heavy atom. The number of guanidine groups is 1. The van der Waals surface area contributed by atoms with Crippen LogP contribution in [0, 0.1) is 0 Å². The van der Waals surface area contributed by atoms with Gasteiger partial charge in [0.05, 0.1) is 0 Å². The number of benzene rings is 1.